The summed E-state index contributed by atoms with van der Waals surface area (Å²) in [7, 11) is 0. The van der Waals surface area contributed by atoms with Gasteiger partial charge in [0.05, 0.1) is 4.88 Å². The lowest BCUT2D eigenvalue weighted by Gasteiger charge is -2.34. The molecule has 0 atom stereocenters. The molecule has 1 aromatic heterocycles. The molecule has 0 radical (unpaired) electrons. The van der Waals surface area contributed by atoms with Gasteiger partial charge in [-0.3, -0.25) is 9.59 Å². The molecule has 0 unspecified atom stereocenters. The number of piperazine rings is 1. The van der Waals surface area contributed by atoms with E-state index >= 15 is 0 Å². The van der Waals surface area contributed by atoms with E-state index in [4.69, 9.17) is 0 Å². The number of hydrogen-bond donors (Lipinski definition) is 0. The van der Waals surface area contributed by atoms with Crippen molar-refractivity contribution in [3.05, 3.63) is 57.8 Å². The van der Waals surface area contributed by atoms with Crippen LogP contribution in [0.1, 0.15) is 45.4 Å². The van der Waals surface area contributed by atoms with Gasteiger partial charge in [0.2, 0.25) is 0 Å². The molecule has 24 heavy (non-hydrogen) atoms. The fraction of sp³-hybridized carbons (Fsp3) is 0.368. The van der Waals surface area contributed by atoms with E-state index in [0.29, 0.717) is 32.1 Å². The van der Waals surface area contributed by atoms with Gasteiger partial charge in [0.25, 0.3) is 11.8 Å². The number of benzene rings is 1. The summed E-state index contributed by atoms with van der Waals surface area (Å²) in [4.78, 5) is 29.4. The summed E-state index contributed by atoms with van der Waals surface area (Å²) < 4.78 is 0. The van der Waals surface area contributed by atoms with Crippen molar-refractivity contribution >= 4 is 23.2 Å². The second kappa shape index (κ2) is 7.18. The standard InChI is InChI=1S/C19H22N2O2S/c1-14(2)15-5-7-16(8-6-15)18(22)20-9-11-21(12-10-20)19(23)17-4-3-13-24-17/h3-8,13-14H,9-12H2,1-2H3. The second-order valence-electron chi connectivity index (χ2n) is 6.34. The van der Waals surface area contributed by atoms with Crippen molar-refractivity contribution in [3.8, 4) is 0 Å². The Hall–Kier alpha value is -2.14. The Morgan fingerprint density at radius 2 is 1.50 bits per heavy atom. The van der Waals surface area contributed by atoms with Gasteiger partial charge in [0.15, 0.2) is 0 Å². The van der Waals surface area contributed by atoms with Crippen molar-refractivity contribution in [2.24, 2.45) is 0 Å². The maximum atomic E-state index is 12.6. The molecule has 0 spiro atoms. The van der Waals surface area contributed by atoms with Crippen LogP contribution >= 0.6 is 11.3 Å². The van der Waals surface area contributed by atoms with Crippen LogP contribution in [0.15, 0.2) is 41.8 Å². The molecule has 5 heteroatoms. The Morgan fingerprint density at radius 3 is 2.00 bits per heavy atom. The molecular formula is C19H22N2O2S. The van der Waals surface area contributed by atoms with Crippen LogP contribution in [0, 0.1) is 0 Å². The Kier molecular flexibility index (Phi) is 5.00. The minimum atomic E-state index is 0.0496. The first-order valence-corrected chi connectivity index (χ1v) is 9.16. The van der Waals surface area contributed by atoms with Gasteiger partial charge < -0.3 is 9.80 Å². The van der Waals surface area contributed by atoms with Gasteiger partial charge >= 0.3 is 0 Å². The first-order chi connectivity index (χ1) is 11.6. The summed E-state index contributed by atoms with van der Waals surface area (Å²) in [5, 5.41) is 1.91. The van der Waals surface area contributed by atoms with E-state index in [1.807, 2.05) is 51.6 Å². The van der Waals surface area contributed by atoms with E-state index in [9.17, 15) is 9.59 Å². The Bertz CT molecular complexity index is 699. The molecule has 2 amide bonds. The molecule has 1 fully saturated rings. The molecule has 4 nitrogen and oxygen atoms in total. The number of carbonyl (C=O) groups excluding carboxylic acids is 2. The van der Waals surface area contributed by atoms with Gasteiger partial charge in [-0.25, -0.2) is 0 Å². The van der Waals surface area contributed by atoms with Gasteiger partial charge in [0.1, 0.15) is 0 Å². The largest absolute Gasteiger partial charge is 0.335 e. The molecule has 0 saturated carbocycles. The molecule has 1 aliphatic heterocycles. The maximum absolute atomic E-state index is 12.6. The predicted molar refractivity (Wildman–Crippen MR) is 96.7 cm³/mol. The van der Waals surface area contributed by atoms with Crippen molar-refractivity contribution in [2.75, 3.05) is 26.2 Å². The Morgan fingerprint density at radius 1 is 0.917 bits per heavy atom. The van der Waals surface area contributed by atoms with Crippen LogP contribution in [-0.2, 0) is 0 Å². The average molecular weight is 342 g/mol. The van der Waals surface area contributed by atoms with Gasteiger partial charge in [0, 0.05) is 31.7 Å². The zero-order chi connectivity index (χ0) is 17.1. The third-order valence-corrected chi connectivity index (χ3v) is 5.27. The summed E-state index contributed by atoms with van der Waals surface area (Å²) in [6, 6.07) is 11.6. The van der Waals surface area contributed by atoms with Gasteiger partial charge in [-0.05, 0) is 35.1 Å². The van der Waals surface area contributed by atoms with Crippen molar-refractivity contribution in [1.82, 2.24) is 9.80 Å². The summed E-state index contributed by atoms with van der Waals surface area (Å²) in [6.45, 7) is 6.63. The monoisotopic (exact) mass is 342 g/mol. The van der Waals surface area contributed by atoms with Crippen LogP contribution in [0.3, 0.4) is 0 Å². The predicted octanol–water partition coefficient (Wildman–Crippen LogP) is 3.47. The third-order valence-electron chi connectivity index (χ3n) is 4.41. The number of hydrogen-bond acceptors (Lipinski definition) is 3. The van der Waals surface area contributed by atoms with Crippen LogP contribution in [0.5, 0.6) is 0 Å². The number of rotatable bonds is 3. The van der Waals surface area contributed by atoms with Gasteiger partial charge in [-0.2, -0.15) is 0 Å². The molecule has 1 saturated heterocycles. The molecule has 1 aliphatic rings. The van der Waals surface area contributed by atoms with E-state index < -0.39 is 0 Å². The molecule has 2 aromatic rings. The summed E-state index contributed by atoms with van der Waals surface area (Å²) in [6.07, 6.45) is 0. The lowest BCUT2D eigenvalue weighted by Crippen LogP contribution is -2.50. The summed E-state index contributed by atoms with van der Waals surface area (Å²) in [5.74, 6) is 0.577. The van der Waals surface area contributed by atoms with Crippen molar-refractivity contribution < 1.29 is 9.59 Å². The minimum Gasteiger partial charge on any atom is -0.335 e. The third kappa shape index (κ3) is 3.51. The maximum Gasteiger partial charge on any atom is 0.264 e. The van der Waals surface area contributed by atoms with Crippen LogP contribution in [0.4, 0.5) is 0 Å². The number of amides is 2. The molecule has 0 bridgehead atoms. The zero-order valence-electron chi connectivity index (χ0n) is 14.1. The van der Waals surface area contributed by atoms with Crippen molar-refractivity contribution in [1.29, 1.82) is 0 Å². The smallest absolute Gasteiger partial charge is 0.264 e. The van der Waals surface area contributed by atoms with Crippen molar-refractivity contribution in [2.45, 2.75) is 19.8 Å². The normalized spacial score (nSPS) is 15.0. The van der Waals surface area contributed by atoms with E-state index in [-0.39, 0.29) is 11.8 Å². The van der Waals surface area contributed by atoms with Crippen LogP contribution in [0.2, 0.25) is 0 Å². The molecule has 1 aromatic carbocycles. The quantitative estimate of drug-likeness (QED) is 0.857. The highest BCUT2D eigenvalue weighted by Crippen LogP contribution is 2.17. The molecule has 0 aliphatic carbocycles. The van der Waals surface area contributed by atoms with Gasteiger partial charge in [-0.15, -0.1) is 11.3 Å². The fourth-order valence-corrected chi connectivity index (χ4v) is 3.55. The minimum absolute atomic E-state index is 0.0496. The average Bonchev–Trinajstić information content (AvgIpc) is 3.15. The highest BCUT2D eigenvalue weighted by atomic mass is 32.1. The highest BCUT2D eigenvalue weighted by molar-refractivity contribution is 7.12. The lowest BCUT2D eigenvalue weighted by molar-refractivity contribution is 0.0538. The molecular weight excluding hydrogens is 320 g/mol. The zero-order valence-corrected chi connectivity index (χ0v) is 14.9. The van der Waals surface area contributed by atoms with Crippen LogP contribution in [0.25, 0.3) is 0 Å². The fourth-order valence-electron chi connectivity index (χ4n) is 2.86. The molecule has 126 valence electrons. The lowest BCUT2D eigenvalue weighted by atomic mass is 10.0. The van der Waals surface area contributed by atoms with Crippen LogP contribution < -0.4 is 0 Å². The second-order valence-corrected chi connectivity index (χ2v) is 7.29. The first-order valence-electron chi connectivity index (χ1n) is 8.28. The summed E-state index contributed by atoms with van der Waals surface area (Å²) in [5.41, 5.74) is 1.95. The Labute approximate surface area is 146 Å². The van der Waals surface area contributed by atoms with Crippen molar-refractivity contribution in [3.63, 3.8) is 0 Å². The molecule has 3 rings (SSSR count). The number of thiophene rings is 1. The van der Waals surface area contributed by atoms with E-state index in [0.717, 1.165) is 10.4 Å². The number of carbonyl (C=O) groups is 2. The van der Waals surface area contributed by atoms with E-state index in [2.05, 4.69) is 13.8 Å². The summed E-state index contributed by atoms with van der Waals surface area (Å²) >= 11 is 1.46. The van der Waals surface area contributed by atoms with E-state index in [1.54, 1.807) is 0 Å². The first kappa shape index (κ1) is 16.7. The SMILES string of the molecule is CC(C)c1ccc(C(=O)N2CCN(C(=O)c3cccs3)CC2)cc1. The Balaban J connectivity index is 1.60. The van der Waals surface area contributed by atoms with E-state index in [1.165, 1.54) is 16.9 Å². The van der Waals surface area contributed by atoms with Gasteiger partial charge in [-0.1, -0.05) is 32.0 Å². The number of nitrogens with zero attached hydrogens (tertiary/aromatic N) is 2. The topological polar surface area (TPSA) is 40.6 Å². The molecule has 2 heterocycles. The highest BCUT2D eigenvalue weighted by Gasteiger charge is 2.25. The molecule has 0 N–H and O–H groups in total. The van der Waals surface area contributed by atoms with Crippen LogP contribution in [-0.4, -0.2) is 47.8 Å².